The fourth-order valence-corrected chi connectivity index (χ4v) is 1.66. The lowest BCUT2D eigenvalue weighted by Gasteiger charge is -2.21. The van der Waals surface area contributed by atoms with Crippen LogP contribution in [0.25, 0.3) is 0 Å². The van der Waals surface area contributed by atoms with Gasteiger partial charge in [-0.1, -0.05) is 18.2 Å². The fourth-order valence-electron chi connectivity index (χ4n) is 1.66. The van der Waals surface area contributed by atoms with Crippen molar-refractivity contribution in [2.75, 3.05) is 13.7 Å². The molecule has 0 spiro atoms. The Kier molecular flexibility index (Phi) is 5.51. The third-order valence-corrected chi connectivity index (χ3v) is 3.16. The number of rotatable bonds is 6. The zero-order valence-electron chi connectivity index (χ0n) is 12.3. The van der Waals surface area contributed by atoms with Gasteiger partial charge >= 0.3 is 5.97 Å². The van der Waals surface area contributed by atoms with Gasteiger partial charge in [0.15, 0.2) is 0 Å². The summed E-state index contributed by atoms with van der Waals surface area (Å²) < 4.78 is 5.25. The van der Waals surface area contributed by atoms with Crippen LogP contribution in [0.3, 0.4) is 0 Å². The van der Waals surface area contributed by atoms with E-state index in [1.807, 2.05) is 45.9 Å². The van der Waals surface area contributed by atoms with Crippen molar-refractivity contribution in [3.8, 4) is 0 Å². The SMILES string of the molecule is COC(C)(C)CCOOC(=O)c1c(C)cccc1C. The van der Waals surface area contributed by atoms with E-state index in [2.05, 4.69) is 0 Å². The van der Waals surface area contributed by atoms with Crippen molar-refractivity contribution in [1.82, 2.24) is 0 Å². The Labute approximate surface area is 114 Å². The van der Waals surface area contributed by atoms with E-state index >= 15 is 0 Å². The van der Waals surface area contributed by atoms with Gasteiger partial charge in [0.2, 0.25) is 0 Å². The molecule has 0 fully saturated rings. The highest BCUT2D eigenvalue weighted by atomic mass is 17.2. The lowest BCUT2D eigenvalue weighted by atomic mass is 10.0. The van der Waals surface area contributed by atoms with Crippen LogP contribution in [0.5, 0.6) is 0 Å². The van der Waals surface area contributed by atoms with E-state index in [0.29, 0.717) is 18.6 Å². The van der Waals surface area contributed by atoms with Crippen LogP contribution in [0, 0.1) is 13.8 Å². The lowest BCUT2D eigenvalue weighted by molar-refractivity contribution is -0.247. The van der Waals surface area contributed by atoms with Crippen LogP contribution in [0.2, 0.25) is 0 Å². The summed E-state index contributed by atoms with van der Waals surface area (Å²) in [6.45, 7) is 7.94. The molecular formula is C15H22O4. The van der Waals surface area contributed by atoms with Gasteiger partial charge in [0.05, 0.1) is 17.8 Å². The van der Waals surface area contributed by atoms with Gasteiger partial charge < -0.3 is 4.74 Å². The van der Waals surface area contributed by atoms with Gasteiger partial charge in [0.25, 0.3) is 0 Å². The second kappa shape index (κ2) is 6.68. The van der Waals surface area contributed by atoms with Crippen LogP contribution >= 0.6 is 0 Å². The van der Waals surface area contributed by atoms with Gasteiger partial charge in [-0.2, -0.15) is 4.89 Å². The first-order valence-electron chi connectivity index (χ1n) is 6.32. The Balaban J connectivity index is 2.49. The highest BCUT2D eigenvalue weighted by molar-refractivity contribution is 5.92. The predicted molar refractivity (Wildman–Crippen MR) is 73.0 cm³/mol. The molecule has 4 nitrogen and oxygen atoms in total. The fraction of sp³-hybridized carbons (Fsp3) is 0.533. The molecule has 0 saturated heterocycles. The van der Waals surface area contributed by atoms with Gasteiger partial charge in [-0.25, -0.2) is 4.79 Å². The smallest absolute Gasteiger partial charge is 0.373 e. The maximum atomic E-state index is 11.9. The zero-order valence-corrected chi connectivity index (χ0v) is 12.3. The number of benzene rings is 1. The molecule has 0 N–H and O–H groups in total. The highest BCUT2D eigenvalue weighted by Gasteiger charge is 2.18. The van der Waals surface area contributed by atoms with Crippen LogP contribution in [0.4, 0.5) is 0 Å². The normalized spacial score (nSPS) is 11.4. The molecule has 4 heteroatoms. The topological polar surface area (TPSA) is 44.8 Å². The summed E-state index contributed by atoms with van der Waals surface area (Å²) in [5, 5.41) is 0. The molecule has 0 bridgehead atoms. The average molecular weight is 266 g/mol. The summed E-state index contributed by atoms with van der Waals surface area (Å²) >= 11 is 0. The Morgan fingerprint density at radius 3 is 2.32 bits per heavy atom. The molecule has 0 aliphatic rings. The van der Waals surface area contributed by atoms with Crippen LogP contribution in [-0.2, 0) is 14.5 Å². The van der Waals surface area contributed by atoms with E-state index in [0.717, 1.165) is 11.1 Å². The van der Waals surface area contributed by atoms with E-state index in [-0.39, 0.29) is 5.60 Å². The van der Waals surface area contributed by atoms with Crippen molar-refractivity contribution >= 4 is 5.97 Å². The van der Waals surface area contributed by atoms with Crippen molar-refractivity contribution in [2.45, 2.75) is 39.7 Å². The number of ether oxygens (including phenoxy) is 1. The van der Waals surface area contributed by atoms with Gasteiger partial charge in [0.1, 0.15) is 0 Å². The molecule has 0 saturated carbocycles. The predicted octanol–water partition coefficient (Wildman–Crippen LogP) is 3.21. The van der Waals surface area contributed by atoms with Crippen molar-refractivity contribution < 1.29 is 19.3 Å². The summed E-state index contributed by atoms with van der Waals surface area (Å²) in [6.07, 6.45) is 0.642. The monoisotopic (exact) mass is 266 g/mol. The second-order valence-electron chi connectivity index (χ2n) is 5.17. The van der Waals surface area contributed by atoms with Crippen molar-refractivity contribution in [2.24, 2.45) is 0 Å². The number of hydrogen-bond donors (Lipinski definition) is 0. The van der Waals surface area contributed by atoms with E-state index in [4.69, 9.17) is 14.5 Å². The number of carbonyl (C=O) groups is 1. The van der Waals surface area contributed by atoms with Gasteiger partial charge in [-0.3, -0.25) is 4.89 Å². The molecule has 106 valence electrons. The number of aryl methyl sites for hydroxylation is 2. The van der Waals surface area contributed by atoms with E-state index in [1.165, 1.54) is 0 Å². The third-order valence-electron chi connectivity index (χ3n) is 3.16. The average Bonchev–Trinajstić information content (AvgIpc) is 2.34. The summed E-state index contributed by atoms with van der Waals surface area (Å²) in [6, 6.07) is 5.65. The molecule has 0 amide bonds. The van der Waals surface area contributed by atoms with Crippen LogP contribution in [0.1, 0.15) is 41.8 Å². The molecule has 0 aliphatic heterocycles. The first kappa shape index (κ1) is 15.7. The molecule has 0 radical (unpaired) electrons. The highest BCUT2D eigenvalue weighted by Crippen LogP contribution is 2.16. The molecule has 0 atom stereocenters. The molecular weight excluding hydrogens is 244 g/mol. The van der Waals surface area contributed by atoms with Gasteiger partial charge in [-0.05, 0) is 38.8 Å². The van der Waals surface area contributed by atoms with Gasteiger partial charge in [-0.15, -0.1) is 0 Å². The number of methoxy groups -OCH3 is 1. The lowest BCUT2D eigenvalue weighted by Crippen LogP contribution is -2.24. The van der Waals surface area contributed by atoms with Crippen LogP contribution in [0.15, 0.2) is 18.2 Å². The summed E-state index contributed by atoms with van der Waals surface area (Å²) in [5.74, 6) is -0.453. The molecule has 0 aromatic heterocycles. The Morgan fingerprint density at radius 1 is 1.21 bits per heavy atom. The van der Waals surface area contributed by atoms with Gasteiger partial charge in [0, 0.05) is 13.5 Å². The Morgan fingerprint density at radius 2 is 1.79 bits per heavy atom. The minimum Gasteiger partial charge on any atom is -0.379 e. The van der Waals surface area contributed by atoms with E-state index in [1.54, 1.807) is 7.11 Å². The summed E-state index contributed by atoms with van der Waals surface area (Å²) in [7, 11) is 1.64. The number of carbonyl (C=O) groups excluding carboxylic acids is 1. The zero-order chi connectivity index (χ0) is 14.5. The largest absolute Gasteiger partial charge is 0.379 e. The first-order valence-corrected chi connectivity index (χ1v) is 6.32. The minimum atomic E-state index is -0.453. The summed E-state index contributed by atoms with van der Waals surface area (Å²) in [4.78, 5) is 21.7. The van der Waals surface area contributed by atoms with Crippen LogP contribution < -0.4 is 0 Å². The maximum absolute atomic E-state index is 11.9. The van der Waals surface area contributed by atoms with Crippen molar-refractivity contribution in [3.05, 3.63) is 34.9 Å². The van der Waals surface area contributed by atoms with E-state index < -0.39 is 5.97 Å². The molecule has 1 aromatic carbocycles. The summed E-state index contributed by atoms with van der Waals surface area (Å²) in [5.41, 5.74) is 2.04. The molecule has 0 aliphatic carbocycles. The Hall–Kier alpha value is -1.39. The Bertz CT molecular complexity index is 418. The molecule has 1 rings (SSSR count). The van der Waals surface area contributed by atoms with E-state index in [9.17, 15) is 4.79 Å². The quantitative estimate of drug-likeness (QED) is 0.450. The minimum absolute atomic E-state index is 0.287. The number of hydrogen-bond acceptors (Lipinski definition) is 4. The first-order chi connectivity index (χ1) is 8.87. The molecule has 1 aromatic rings. The molecule has 19 heavy (non-hydrogen) atoms. The maximum Gasteiger partial charge on any atom is 0.373 e. The van der Waals surface area contributed by atoms with Crippen molar-refractivity contribution in [1.29, 1.82) is 0 Å². The third kappa shape index (κ3) is 4.65. The molecule has 0 heterocycles. The second-order valence-corrected chi connectivity index (χ2v) is 5.17. The van der Waals surface area contributed by atoms with Crippen molar-refractivity contribution in [3.63, 3.8) is 0 Å². The molecule has 0 unspecified atom stereocenters. The van der Waals surface area contributed by atoms with Crippen LogP contribution in [-0.4, -0.2) is 25.3 Å². The standard InChI is InChI=1S/C15H22O4/c1-11-7-6-8-12(2)13(11)14(16)19-18-10-9-15(3,4)17-5/h6-8H,9-10H2,1-5H3.